The Morgan fingerprint density at radius 3 is 2.25 bits per heavy atom. The van der Waals surface area contributed by atoms with E-state index in [1.807, 2.05) is 6.08 Å². The van der Waals surface area contributed by atoms with Crippen molar-refractivity contribution in [3.63, 3.8) is 0 Å². The first-order chi connectivity index (χ1) is 15.3. The van der Waals surface area contributed by atoms with E-state index < -0.39 is 8.32 Å². The standard InChI is InChI=1S/C28H46O3Si/c1-5-16-32(17-6-2,18-7-3)31-20-28-15-12-22(29)19-21(28)8-9-23-24-10-11-26(30)27(24,4)14-13-25(23)28/h19,23-25H,5-18,20H2,1-4H3/t23-,24-,25+,27-,28+/m0/s1. The molecule has 3 saturated carbocycles. The molecule has 5 atom stereocenters. The van der Waals surface area contributed by atoms with Gasteiger partial charge in [0.1, 0.15) is 5.78 Å². The molecule has 0 spiro atoms. The molecule has 0 saturated heterocycles. The van der Waals surface area contributed by atoms with E-state index in [4.69, 9.17) is 4.43 Å². The predicted octanol–water partition coefficient (Wildman–Crippen LogP) is 7.26. The van der Waals surface area contributed by atoms with Crippen LogP contribution in [0.3, 0.4) is 0 Å². The second-order valence-corrected chi connectivity index (χ2v) is 16.0. The minimum atomic E-state index is -1.75. The zero-order valence-corrected chi connectivity index (χ0v) is 22.1. The van der Waals surface area contributed by atoms with Crippen LogP contribution in [0.15, 0.2) is 11.6 Å². The molecule has 0 aliphatic heterocycles. The Bertz CT molecular complexity index is 741. The molecule has 4 aliphatic rings. The van der Waals surface area contributed by atoms with Crippen molar-refractivity contribution >= 4 is 19.9 Å². The van der Waals surface area contributed by atoms with Crippen LogP contribution in [0.2, 0.25) is 18.1 Å². The molecule has 0 N–H and O–H groups in total. The third kappa shape index (κ3) is 4.02. The summed E-state index contributed by atoms with van der Waals surface area (Å²) < 4.78 is 7.21. The number of rotatable bonds is 9. The molecule has 4 aliphatic carbocycles. The van der Waals surface area contributed by atoms with Crippen LogP contribution in [0.4, 0.5) is 0 Å². The molecule has 3 fully saturated rings. The van der Waals surface area contributed by atoms with Crippen molar-refractivity contribution in [3.05, 3.63) is 11.6 Å². The van der Waals surface area contributed by atoms with Crippen molar-refractivity contribution < 1.29 is 14.0 Å². The first-order valence-electron chi connectivity index (χ1n) is 13.8. The van der Waals surface area contributed by atoms with Crippen molar-refractivity contribution in [2.45, 2.75) is 116 Å². The third-order valence-electron chi connectivity index (χ3n) is 10.1. The van der Waals surface area contributed by atoms with E-state index in [1.165, 1.54) is 49.4 Å². The van der Waals surface area contributed by atoms with E-state index in [-0.39, 0.29) is 10.8 Å². The molecule has 3 nitrogen and oxygen atoms in total. The fraction of sp³-hybridized carbons (Fsp3) is 0.857. The number of carbonyl (C=O) groups excluding carboxylic acids is 2. The summed E-state index contributed by atoms with van der Waals surface area (Å²) in [6.45, 7) is 10.1. The highest BCUT2D eigenvalue weighted by Gasteiger charge is 2.60. The summed E-state index contributed by atoms with van der Waals surface area (Å²) in [5, 5.41) is 0. The van der Waals surface area contributed by atoms with E-state index in [9.17, 15) is 9.59 Å². The normalized spacial score (nSPS) is 37.0. The van der Waals surface area contributed by atoms with Crippen LogP contribution < -0.4 is 0 Å². The average molecular weight is 459 g/mol. The van der Waals surface area contributed by atoms with Crippen molar-refractivity contribution in [1.82, 2.24) is 0 Å². The molecule has 0 aromatic carbocycles. The lowest BCUT2D eigenvalue weighted by atomic mass is 9.47. The van der Waals surface area contributed by atoms with Gasteiger partial charge in [-0.3, -0.25) is 9.59 Å². The molecular formula is C28H46O3Si. The Kier molecular flexibility index (Phi) is 7.23. The lowest BCUT2D eigenvalue weighted by Crippen LogP contribution is -2.54. The van der Waals surface area contributed by atoms with Gasteiger partial charge in [0.15, 0.2) is 14.1 Å². The highest BCUT2D eigenvalue weighted by atomic mass is 28.4. The van der Waals surface area contributed by atoms with E-state index in [0.717, 1.165) is 45.1 Å². The van der Waals surface area contributed by atoms with Gasteiger partial charge in [0.05, 0.1) is 0 Å². The zero-order chi connectivity index (χ0) is 23.0. The fourth-order valence-electron chi connectivity index (χ4n) is 8.64. The van der Waals surface area contributed by atoms with Gasteiger partial charge < -0.3 is 4.43 Å². The summed E-state index contributed by atoms with van der Waals surface area (Å²) in [5.41, 5.74) is 1.38. The van der Waals surface area contributed by atoms with Gasteiger partial charge in [0.2, 0.25) is 0 Å². The highest BCUT2D eigenvalue weighted by Crippen LogP contribution is 2.64. The Morgan fingerprint density at radius 2 is 1.59 bits per heavy atom. The van der Waals surface area contributed by atoms with Gasteiger partial charge in [-0.1, -0.05) is 52.5 Å². The molecule has 0 aromatic rings. The maximum Gasteiger partial charge on any atom is 0.192 e. The topological polar surface area (TPSA) is 43.4 Å². The number of carbonyl (C=O) groups is 2. The third-order valence-corrected chi connectivity index (χ3v) is 15.1. The van der Waals surface area contributed by atoms with Crippen LogP contribution in [-0.4, -0.2) is 26.5 Å². The van der Waals surface area contributed by atoms with Crippen molar-refractivity contribution in [1.29, 1.82) is 0 Å². The van der Waals surface area contributed by atoms with E-state index >= 15 is 0 Å². The van der Waals surface area contributed by atoms with Crippen LogP contribution in [0, 0.1) is 28.6 Å². The molecule has 0 heterocycles. The van der Waals surface area contributed by atoms with E-state index in [0.29, 0.717) is 35.7 Å². The summed E-state index contributed by atoms with van der Waals surface area (Å²) in [5.74, 6) is 2.62. The molecule has 180 valence electrons. The summed E-state index contributed by atoms with van der Waals surface area (Å²) in [6.07, 6.45) is 13.6. The SMILES string of the molecule is CCC[Si](CCC)(CCC)OC[C@]12CCC(=O)C=C1CC[C@@H]1[C@H]2CC[C@]2(C)C(=O)CC[C@@H]12. The Balaban J connectivity index is 1.66. The number of hydrogen-bond acceptors (Lipinski definition) is 3. The Hall–Kier alpha value is -0.743. The van der Waals surface area contributed by atoms with Crippen molar-refractivity contribution in [2.75, 3.05) is 6.61 Å². The van der Waals surface area contributed by atoms with Gasteiger partial charge >= 0.3 is 0 Å². The average Bonchev–Trinajstić information content (AvgIpc) is 3.07. The predicted molar refractivity (Wildman–Crippen MR) is 133 cm³/mol. The van der Waals surface area contributed by atoms with Gasteiger partial charge in [0.25, 0.3) is 0 Å². The van der Waals surface area contributed by atoms with Crippen LogP contribution in [0.1, 0.15) is 98.3 Å². The number of ketones is 2. The molecule has 0 bridgehead atoms. The minimum Gasteiger partial charge on any atom is -0.416 e. The lowest BCUT2D eigenvalue weighted by Gasteiger charge is -2.58. The maximum atomic E-state index is 12.8. The van der Waals surface area contributed by atoms with Gasteiger partial charge in [0, 0.05) is 30.3 Å². The molecule has 0 amide bonds. The first-order valence-corrected chi connectivity index (χ1v) is 16.3. The Morgan fingerprint density at radius 1 is 0.906 bits per heavy atom. The quantitative estimate of drug-likeness (QED) is 0.341. The van der Waals surface area contributed by atoms with E-state index in [2.05, 4.69) is 27.7 Å². The summed E-state index contributed by atoms with van der Waals surface area (Å²) in [6, 6.07) is 3.81. The molecule has 0 aromatic heterocycles. The largest absolute Gasteiger partial charge is 0.416 e. The van der Waals surface area contributed by atoms with Crippen LogP contribution >= 0.6 is 0 Å². The smallest absolute Gasteiger partial charge is 0.192 e. The number of hydrogen-bond donors (Lipinski definition) is 0. The molecule has 0 unspecified atom stereocenters. The van der Waals surface area contributed by atoms with Gasteiger partial charge in [-0.05, 0) is 80.5 Å². The van der Waals surface area contributed by atoms with Gasteiger partial charge in [-0.15, -0.1) is 0 Å². The van der Waals surface area contributed by atoms with Crippen molar-refractivity contribution in [2.24, 2.45) is 28.6 Å². The minimum absolute atomic E-state index is 0.0528. The maximum absolute atomic E-state index is 12.8. The fourth-order valence-corrected chi connectivity index (χ4v) is 13.1. The zero-order valence-electron chi connectivity index (χ0n) is 21.1. The molecule has 4 rings (SSSR count). The van der Waals surface area contributed by atoms with Crippen LogP contribution in [-0.2, 0) is 14.0 Å². The van der Waals surface area contributed by atoms with Crippen LogP contribution in [0.25, 0.3) is 0 Å². The monoisotopic (exact) mass is 458 g/mol. The lowest BCUT2D eigenvalue weighted by molar-refractivity contribution is -0.133. The van der Waals surface area contributed by atoms with Gasteiger partial charge in [-0.2, -0.15) is 0 Å². The number of Topliss-reactive ketones (excluding diaryl/α,β-unsaturated/α-hetero) is 1. The summed E-state index contributed by atoms with van der Waals surface area (Å²) >= 11 is 0. The van der Waals surface area contributed by atoms with Crippen LogP contribution in [0.5, 0.6) is 0 Å². The molecule has 32 heavy (non-hydrogen) atoms. The first kappa shape index (κ1) is 24.4. The highest BCUT2D eigenvalue weighted by molar-refractivity contribution is 6.73. The second kappa shape index (κ2) is 9.48. The molecule has 0 radical (unpaired) electrons. The molecular weight excluding hydrogens is 412 g/mol. The summed E-state index contributed by atoms with van der Waals surface area (Å²) in [7, 11) is -1.75. The molecule has 4 heteroatoms. The van der Waals surface area contributed by atoms with E-state index in [1.54, 1.807) is 0 Å². The second-order valence-electron chi connectivity index (χ2n) is 11.8. The summed E-state index contributed by atoms with van der Waals surface area (Å²) in [4.78, 5) is 25.3. The Labute approximate surface area is 197 Å². The van der Waals surface area contributed by atoms with Crippen molar-refractivity contribution in [3.8, 4) is 0 Å². The van der Waals surface area contributed by atoms with Gasteiger partial charge in [-0.25, -0.2) is 0 Å². The number of fused-ring (bicyclic) bond motifs is 5.